The molecule has 0 bridgehead atoms. The van der Waals surface area contributed by atoms with Gasteiger partial charge in [-0.25, -0.2) is 0 Å². The Bertz CT molecular complexity index is 418. The molecule has 0 saturated carbocycles. The summed E-state index contributed by atoms with van der Waals surface area (Å²) in [6.07, 6.45) is 1.14. The highest BCUT2D eigenvalue weighted by molar-refractivity contribution is 7.87. The maximum absolute atomic E-state index is 12.1. The lowest BCUT2D eigenvalue weighted by Gasteiger charge is -2.22. The second-order valence-corrected chi connectivity index (χ2v) is 6.01. The second kappa shape index (κ2) is 3.65. The van der Waals surface area contributed by atoms with E-state index in [1.165, 1.54) is 0 Å². The minimum atomic E-state index is -5.54. The zero-order valence-electron chi connectivity index (χ0n) is 9.18. The van der Waals surface area contributed by atoms with Crippen molar-refractivity contribution >= 4 is 10.1 Å². The van der Waals surface area contributed by atoms with Gasteiger partial charge < -0.3 is 4.18 Å². The molecule has 0 atom stereocenters. The van der Waals surface area contributed by atoms with E-state index >= 15 is 0 Å². The molecule has 0 aromatic carbocycles. The van der Waals surface area contributed by atoms with Crippen LogP contribution in [-0.4, -0.2) is 13.9 Å². The van der Waals surface area contributed by atoms with Gasteiger partial charge in [0.1, 0.15) is 5.76 Å². The predicted molar refractivity (Wildman–Crippen MR) is 51.8 cm³/mol. The van der Waals surface area contributed by atoms with E-state index in [1.807, 2.05) is 0 Å². The maximum atomic E-state index is 12.1. The van der Waals surface area contributed by atoms with Gasteiger partial charge in [-0.1, -0.05) is 13.8 Å². The standard InChI is InChI=1S/C9H13F3O3S/c1-6-4-5-8(2,3)7(6)15-16(13,14)9(10,11)12/h4-5H2,1-3H3. The highest BCUT2D eigenvalue weighted by Gasteiger charge is 2.50. The molecule has 1 aliphatic carbocycles. The Kier molecular flexibility index (Phi) is 3.04. The second-order valence-electron chi connectivity index (χ2n) is 4.48. The van der Waals surface area contributed by atoms with Gasteiger partial charge in [-0.15, -0.1) is 0 Å². The highest BCUT2D eigenvalue weighted by atomic mass is 32.2. The molecule has 0 heterocycles. The third-order valence-corrected chi connectivity index (χ3v) is 3.56. The molecule has 94 valence electrons. The molecule has 0 N–H and O–H groups in total. The Hall–Kier alpha value is -0.720. The number of halogens is 3. The molecule has 7 heteroatoms. The summed E-state index contributed by atoms with van der Waals surface area (Å²) in [6.45, 7) is 4.89. The summed E-state index contributed by atoms with van der Waals surface area (Å²) in [5.41, 5.74) is -5.49. The van der Waals surface area contributed by atoms with Crippen LogP contribution in [0.2, 0.25) is 0 Å². The number of alkyl halides is 3. The van der Waals surface area contributed by atoms with Crippen molar-refractivity contribution in [1.82, 2.24) is 0 Å². The van der Waals surface area contributed by atoms with Crippen molar-refractivity contribution in [3.8, 4) is 0 Å². The molecule has 1 aliphatic rings. The van der Waals surface area contributed by atoms with Crippen LogP contribution < -0.4 is 0 Å². The monoisotopic (exact) mass is 258 g/mol. The quantitative estimate of drug-likeness (QED) is 0.565. The first-order chi connectivity index (χ1) is 6.97. The van der Waals surface area contributed by atoms with E-state index in [4.69, 9.17) is 0 Å². The minimum Gasteiger partial charge on any atom is -0.380 e. The van der Waals surface area contributed by atoms with Crippen molar-refractivity contribution in [3.05, 3.63) is 11.3 Å². The topological polar surface area (TPSA) is 43.4 Å². The maximum Gasteiger partial charge on any atom is 0.534 e. The highest BCUT2D eigenvalue weighted by Crippen LogP contribution is 2.44. The molecular weight excluding hydrogens is 245 g/mol. The first-order valence-corrected chi connectivity index (χ1v) is 6.09. The van der Waals surface area contributed by atoms with Crippen LogP contribution in [0, 0.1) is 5.41 Å². The smallest absolute Gasteiger partial charge is 0.380 e. The van der Waals surface area contributed by atoms with Crippen LogP contribution in [0.3, 0.4) is 0 Å². The van der Waals surface area contributed by atoms with Crippen LogP contribution in [0.25, 0.3) is 0 Å². The summed E-state index contributed by atoms with van der Waals surface area (Å²) < 4.78 is 62.3. The number of rotatable bonds is 2. The van der Waals surface area contributed by atoms with Crippen LogP contribution in [-0.2, 0) is 14.3 Å². The summed E-state index contributed by atoms with van der Waals surface area (Å²) in [6, 6.07) is 0. The molecular formula is C9H13F3O3S. The molecule has 3 nitrogen and oxygen atoms in total. The summed E-state index contributed by atoms with van der Waals surface area (Å²) in [5, 5.41) is 0. The zero-order valence-corrected chi connectivity index (χ0v) is 10.00. The van der Waals surface area contributed by atoms with Crippen LogP contribution >= 0.6 is 0 Å². The van der Waals surface area contributed by atoms with E-state index in [-0.39, 0.29) is 5.76 Å². The Morgan fingerprint density at radius 2 is 1.81 bits per heavy atom. The Balaban J connectivity index is 3.04. The van der Waals surface area contributed by atoms with Gasteiger partial charge in [-0.05, 0) is 25.3 Å². The van der Waals surface area contributed by atoms with Crippen LogP contribution in [0.4, 0.5) is 13.2 Å². The molecule has 0 amide bonds. The van der Waals surface area contributed by atoms with Crippen molar-refractivity contribution in [1.29, 1.82) is 0 Å². The van der Waals surface area contributed by atoms with Crippen molar-refractivity contribution < 1.29 is 25.8 Å². The summed E-state index contributed by atoms with van der Waals surface area (Å²) >= 11 is 0. The lowest BCUT2D eigenvalue weighted by molar-refractivity contribution is -0.0530. The molecule has 0 unspecified atom stereocenters. The SMILES string of the molecule is CC1=C(OS(=O)(=O)C(F)(F)F)C(C)(C)CC1. The van der Waals surface area contributed by atoms with Gasteiger partial charge in [-0.2, -0.15) is 21.6 Å². The van der Waals surface area contributed by atoms with Gasteiger partial charge in [0, 0.05) is 5.41 Å². The van der Waals surface area contributed by atoms with Gasteiger partial charge in [0.15, 0.2) is 0 Å². The molecule has 0 fully saturated rings. The number of hydrogen-bond donors (Lipinski definition) is 0. The molecule has 0 aromatic rings. The third-order valence-electron chi connectivity index (χ3n) is 2.60. The minimum absolute atomic E-state index is 0.0789. The van der Waals surface area contributed by atoms with E-state index in [2.05, 4.69) is 4.18 Å². The predicted octanol–water partition coefficient (Wildman–Crippen LogP) is 2.95. The summed E-state index contributed by atoms with van der Waals surface area (Å²) in [5.74, 6) is -0.0789. The lowest BCUT2D eigenvalue weighted by atomic mass is 9.92. The number of allylic oxidation sites excluding steroid dienone is 2. The number of hydrogen-bond acceptors (Lipinski definition) is 3. The largest absolute Gasteiger partial charge is 0.534 e. The zero-order chi connectivity index (χ0) is 12.8. The third kappa shape index (κ3) is 2.34. The van der Waals surface area contributed by atoms with Gasteiger partial charge in [0.2, 0.25) is 0 Å². The van der Waals surface area contributed by atoms with E-state index in [0.717, 1.165) is 0 Å². The van der Waals surface area contributed by atoms with Gasteiger partial charge in [0.05, 0.1) is 0 Å². The molecule has 0 aliphatic heterocycles. The average molecular weight is 258 g/mol. The van der Waals surface area contributed by atoms with E-state index in [9.17, 15) is 21.6 Å². The molecule has 0 saturated heterocycles. The molecule has 0 radical (unpaired) electrons. The Labute approximate surface area is 92.4 Å². The van der Waals surface area contributed by atoms with Crippen molar-refractivity contribution in [3.63, 3.8) is 0 Å². The van der Waals surface area contributed by atoms with Crippen molar-refractivity contribution in [2.45, 2.75) is 39.1 Å². The van der Waals surface area contributed by atoms with E-state index in [1.54, 1.807) is 20.8 Å². The molecule has 16 heavy (non-hydrogen) atoms. The first kappa shape index (κ1) is 13.3. The Morgan fingerprint density at radius 1 is 1.31 bits per heavy atom. The Morgan fingerprint density at radius 3 is 2.12 bits per heavy atom. The first-order valence-electron chi connectivity index (χ1n) is 4.68. The van der Waals surface area contributed by atoms with Crippen LogP contribution in [0.1, 0.15) is 33.6 Å². The summed E-state index contributed by atoms with van der Waals surface area (Å²) in [7, 11) is -5.54. The van der Waals surface area contributed by atoms with E-state index < -0.39 is 21.0 Å². The summed E-state index contributed by atoms with van der Waals surface area (Å²) in [4.78, 5) is 0. The van der Waals surface area contributed by atoms with Gasteiger partial charge >= 0.3 is 15.6 Å². The van der Waals surface area contributed by atoms with Crippen LogP contribution in [0.5, 0.6) is 0 Å². The normalized spacial score (nSPS) is 21.4. The van der Waals surface area contributed by atoms with Gasteiger partial charge in [-0.3, -0.25) is 0 Å². The molecule has 1 rings (SSSR count). The fourth-order valence-corrected chi connectivity index (χ4v) is 2.33. The molecule has 0 aromatic heterocycles. The van der Waals surface area contributed by atoms with E-state index in [0.29, 0.717) is 18.4 Å². The van der Waals surface area contributed by atoms with Crippen molar-refractivity contribution in [2.75, 3.05) is 0 Å². The van der Waals surface area contributed by atoms with Crippen molar-refractivity contribution in [2.24, 2.45) is 5.41 Å². The average Bonchev–Trinajstić information content (AvgIpc) is 2.29. The molecule has 0 spiro atoms. The lowest BCUT2D eigenvalue weighted by Crippen LogP contribution is -2.28. The fraction of sp³-hybridized carbons (Fsp3) is 0.778. The fourth-order valence-electron chi connectivity index (χ4n) is 1.65. The van der Waals surface area contributed by atoms with Gasteiger partial charge in [0.25, 0.3) is 0 Å². The van der Waals surface area contributed by atoms with Crippen LogP contribution in [0.15, 0.2) is 11.3 Å².